The molecule has 0 spiro atoms. The zero-order chi connectivity index (χ0) is 19.0. The molecule has 0 aliphatic rings. The van der Waals surface area contributed by atoms with Crippen LogP contribution >= 0.6 is 11.6 Å². The molecule has 1 amide bonds. The Hall–Kier alpha value is -2.13. The SMILES string of the molecule is CS(=O)(=O)c1ccc(Cl)c(C(=O)Nc2ccc(F)c(C(F)(F)F)c2)c1. The lowest BCUT2D eigenvalue weighted by molar-refractivity contribution is -0.139. The molecule has 4 nitrogen and oxygen atoms in total. The lowest BCUT2D eigenvalue weighted by Gasteiger charge is -2.12. The fourth-order valence-electron chi connectivity index (χ4n) is 1.93. The van der Waals surface area contributed by atoms with Crippen molar-refractivity contribution in [3.63, 3.8) is 0 Å². The smallest absolute Gasteiger partial charge is 0.322 e. The summed E-state index contributed by atoms with van der Waals surface area (Å²) in [6.45, 7) is 0. The van der Waals surface area contributed by atoms with Gasteiger partial charge < -0.3 is 5.32 Å². The van der Waals surface area contributed by atoms with E-state index in [4.69, 9.17) is 11.6 Å². The number of alkyl halides is 3. The topological polar surface area (TPSA) is 63.2 Å². The first-order valence-corrected chi connectivity index (χ1v) is 8.84. The van der Waals surface area contributed by atoms with Gasteiger partial charge in [0.05, 0.1) is 21.0 Å². The number of sulfone groups is 1. The Morgan fingerprint density at radius 2 is 1.76 bits per heavy atom. The van der Waals surface area contributed by atoms with Crippen molar-refractivity contribution < 1.29 is 30.8 Å². The summed E-state index contributed by atoms with van der Waals surface area (Å²) in [5, 5.41) is 2.04. The predicted molar refractivity (Wildman–Crippen MR) is 83.9 cm³/mol. The Labute approximate surface area is 145 Å². The van der Waals surface area contributed by atoms with Crippen molar-refractivity contribution in [2.45, 2.75) is 11.1 Å². The van der Waals surface area contributed by atoms with Crippen LogP contribution < -0.4 is 5.32 Å². The highest BCUT2D eigenvalue weighted by Crippen LogP contribution is 2.33. The average molecular weight is 396 g/mol. The van der Waals surface area contributed by atoms with Crippen molar-refractivity contribution in [2.75, 3.05) is 11.6 Å². The lowest BCUT2D eigenvalue weighted by Crippen LogP contribution is -2.15. The molecule has 0 aromatic heterocycles. The van der Waals surface area contributed by atoms with Gasteiger partial charge in [0.1, 0.15) is 5.82 Å². The normalized spacial score (nSPS) is 12.1. The largest absolute Gasteiger partial charge is 0.419 e. The number of rotatable bonds is 3. The van der Waals surface area contributed by atoms with E-state index in [1.807, 2.05) is 0 Å². The molecule has 0 saturated heterocycles. The van der Waals surface area contributed by atoms with Gasteiger partial charge in [0.15, 0.2) is 9.84 Å². The summed E-state index contributed by atoms with van der Waals surface area (Å²) >= 11 is 5.84. The van der Waals surface area contributed by atoms with Gasteiger partial charge in [0.25, 0.3) is 5.91 Å². The fourth-order valence-corrected chi connectivity index (χ4v) is 2.78. The van der Waals surface area contributed by atoms with Crippen molar-refractivity contribution in [1.82, 2.24) is 0 Å². The maximum atomic E-state index is 13.3. The van der Waals surface area contributed by atoms with E-state index in [-0.39, 0.29) is 21.2 Å². The van der Waals surface area contributed by atoms with Gasteiger partial charge in [-0.15, -0.1) is 0 Å². The van der Waals surface area contributed by atoms with Gasteiger partial charge in [-0.1, -0.05) is 11.6 Å². The number of halogens is 5. The van der Waals surface area contributed by atoms with Crippen LogP contribution in [-0.4, -0.2) is 20.6 Å². The lowest BCUT2D eigenvalue weighted by atomic mass is 10.1. The standard InChI is InChI=1S/C15H10ClF4NO3S/c1-25(23,24)9-3-4-12(16)10(7-9)14(22)21-8-2-5-13(17)11(6-8)15(18,19)20/h2-7H,1H3,(H,21,22). The minimum atomic E-state index is -4.93. The van der Waals surface area contributed by atoms with Crippen LogP contribution in [0.1, 0.15) is 15.9 Å². The van der Waals surface area contributed by atoms with Crippen LogP contribution in [0.15, 0.2) is 41.3 Å². The molecule has 134 valence electrons. The van der Waals surface area contributed by atoms with Crippen LogP contribution in [0, 0.1) is 5.82 Å². The first-order chi connectivity index (χ1) is 11.4. The molecular formula is C15H10ClF4NO3S. The molecule has 0 atom stereocenters. The third kappa shape index (κ3) is 4.49. The van der Waals surface area contributed by atoms with Crippen LogP contribution in [0.3, 0.4) is 0 Å². The summed E-state index contributed by atoms with van der Waals surface area (Å²) in [5.74, 6) is -2.42. The number of hydrogen-bond donors (Lipinski definition) is 1. The van der Waals surface area contributed by atoms with Crippen LogP contribution in [0.25, 0.3) is 0 Å². The van der Waals surface area contributed by atoms with Gasteiger partial charge in [-0.25, -0.2) is 12.8 Å². The molecule has 0 fully saturated rings. The van der Waals surface area contributed by atoms with E-state index in [9.17, 15) is 30.8 Å². The Bertz CT molecular complexity index is 942. The highest BCUT2D eigenvalue weighted by atomic mass is 35.5. The number of hydrogen-bond acceptors (Lipinski definition) is 3. The zero-order valence-corrected chi connectivity index (χ0v) is 14.1. The summed E-state index contributed by atoms with van der Waals surface area (Å²) in [6, 6.07) is 5.30. The summed E-state index contributed by atoms with van der Waals surface area (Å²) in [6.07, 6.45) is -4.01. The molecule has 25 heavy (non-hydrogen) atoms. The molecular weight excluding hydrogens is 386 g/mol. The number of anilines is 1. The van der Waals surface area contributed by atoms with E-state index in [1.54, 1.807) is 0 Å². The van der Waals surface area contributed by atoms with Gasteiger partial charge in [-0.05, 0) is 36.4 Å². The van der Waals surface area contributed by atoms with Gasteiger partial charge >= 0.3 is 6.18 Å². The minimum absolute atomic E-state index is 0.0944. The third-order valence-corrected chi connectivity index (χ3v) is 4.58. The monoisotopic (exact) mass is 395 g/mol. The van der Waals surface area contributed by atoms with Crippen LogP contribution in [-0.2, 0) is 16.0 Å². The van der Waals surface area contributed by atoms with E-state index < -0.39 is 33.3 Å². The first-order valence-electron chi connectivity index (χ1n) is 6.57. The summed E-state index contributed by atoms with van der Waals surface area (Å²) in [5.41, 5.74) is -2.11. The molecule has 2 rings (SSSR count). The predicted octanol–water partition coefficient (Wildman–Crippen LogP) is 4.15. The Morgan fingerprint density at radius 3 is 2.32 bits per heavy atom. The van der Waals surface area contributed by atoms with Gasteiger partial charge in [0, 0.05) is 11.9 Å². The molecule has 0 radical (unpaired) electrons. The van der Waals surface area contributed by atoms with Crippen molar-refractivity contribution in [3.05, 3.63) is 58.4 Å². The summed E-state index contributed by atoms with van der Waals surface area (Å²) in [4.78, 5) is 12.0. The van der Waals surface area contributed by atoms with Crippen molar-refractivity contribution in [3.8, 4) is 0 Å². The second-order valence-electron chi connectivity index (χ2n) is 5.06. The zero-order valence-electron chi connectivity index (χ0n) is 12.5. The van der Waals surface area contributed by atoms with Crippen molar-refractivity contribution in [1.29, 1.82) is 0 Å². The highest BCUT2D eigenvalue weighted by molar-refractivity contribution is 7.90. The Morgan fingerprint density at radius 1 is 1.12 bits per heavy atom. The van der Waals surface area contributed by atoms with E-state index in [0.29, 0.717) is 12.1 Å². The molecule has 0 unspecified atom stereocenters. The molecule has 2 aromatic rings. The number of nitrogens with one attached hydrogen (secondary N) is 1. The van der Waals surface area contributed by atoms with E-state index in [2.05, 4.69) is 5.32 Å². The number of amides is 1. The van der Waals surface area contributed by atoms with Gasteiger partial charge in [0.2, 0.25) is 0 Å². The van der Waals surface area contributed by atoms with E-state index in [1.165, 1.54) is 12.1 Å². The molecule has 1 N–H and O–H groups in total. The minimum Gasteiger partial charge on any atom is -0.322 e. The van der Waals surface area contributed by atoms with E-state index in [0.717, 1.165) is 18.4 Å². The number of carbonyl (C=O) groups excluding carboxylic acids is 1. The average Bonchev–Trinajstić information content (AvgIpc) is 2.47. The van der Waals surface area contributed by atoms with Crippen LogP contribution in [0.5, 0.6) is 0 Å². The quantitative estimate of drug-likeness (QED) is 0.794. The molecule has 0 saturated carbocycles. The molecule has 10 heteroatoms. The first kappa shape index (κ1) is 19.2. The molecule has 0 heterocycles. The van der Waals surface area contributed by atoms with Crippen molar-refractivity contribution in [2.24, 2.45) is 0 Å². The molecule has 0 bridgehead atoms. The maximum absolute atomic E-state index is 13.3. The fraction of sp³-hybridized carbons (Fsp3) is 0.133. The third-order valence-electron chi connectivity index (χ3n) is 3.14. The number of benzene rings is 2. The van der Waals surface area contributed by atoms with Gasteiger partial charge in [-0.2, -0.15) is 13.2 Å². The van der Waals surface area contributed by atoms with E-state index >= 15 is 0 Å². The molecule has 0 aliphatic carbocycles. The van der Waals surface area contributed by atoms with Crippen LogP contribution in [0.4, 0.5) is 23.2 Å². The second-order valence-corrected chi connectivity index (χ2v) is 7.48. The summed E-state index contributed by atoms with van der Waals surface area (Å²) in [7, 11) is -3.62. The Balaban J connectivity index is 2.38. The second kappa shape index (κ2) is 6.64. The van der Waals surface area contributed by atoms with Crippen LogP contribution in [0.2, 0.25) is 5.02 Å². The molecule has 0 aliphatic heterocycles. The van der Waals surface area contributed by atoms with Gasteiger partial charge in [-0.3, -0.25) is 4.79 Å². The maximum Gasteiger partial charge on any atom is 0.419 e. The van der Waals surface area contributed by atoms with Crippen molar-refractivity contribution >= 4 is 33.0 Å². The number of carbonyl (C=O) groups is 1. The summed E-state index contributed by atoms with van der Waals surface area (Å²) < 4.78 is 74.4. The highest BCUT2D eigenvalue weighted by Gasteiger charge is 2.34. The molecule has 2 aromatic carbocycles. The Kier molecular flexibility index (Phi) is 5.10.